The smallest absolute Gasteiger partial charge is 0.407 e. The van der Waals surface area contributed by atoms with Gasteiger partial charge in [-0.25, -0.2) is 4.79 Å². The quantitative estimate of drug-likeness (QED) is 0.724. The van der Waals surface area contributed by atoms with Crippen LogP contribution in [0.1, 0.15) is 13.8 Å². The monoisotopic (exact) mass is 270 g/mol. The first-order chi connectivity index (χ1) is 9.04. The van der Waals surface area contributed by atoms with Crippen LogP contribution in [-0.4, -0.2) is 56.4 Å². The molecule has 0 aromatic heterocycles. The number of hydrogen-bond donors (Lipinski definition) is 1. The fourth-order valence-electron chi connectivity index (χ4n) is 1.72. The van der Waals surface area contributed by atoms with E-state index in [9.17, 15) is 9.59 Å². The summed E-state index contributed by atoms with van der Waals surface area (Å²) < 4.78 is 9.97. The zero-order valence-corrected chi connectivity index (χ0v) is 11.7. The molecule has 0 aromatic rings. The van der Waals surface area contributed by atoms with Gasteiger partial charge in [0.1, 0.15) is 6.54 Å². The van der Waals surface area contributed by atoms with Crippen LogP contribution in [0.15, 0.2) is 12.2 Å². The van der Waals surface area contributed by atoms with E-state index >= 15 is 0 Å². The van der Waals surface area contributed by atoms with Crippen molar-refractivity contribution in [3.63, 3.8) is 0 Å². The number of methoxy groups -OCH3 is 1. The van der Waals surface area contributed by atoms with Crippen molar-refractivity contribution in [1.82, 2.24) is 10.2 Å². The largest absolute Gasteiger partial charge is 0.449 e. The van der Waals surface area contributed by atoms with Crippen molar-refractivity contribution in [3.05, 3.63) is 12.2 Å². The molecular weight excluding hydrogens is 248 g/mol. The first kappa shape index (κ1) is 15.5. The zero-order chi connectivity index (χ0) is 14.3. The summed E-state index contributed by atoms with van der Waals surface area (Å²) in [5.74, 6) is 0.129. The van der Waals surface area contributed by atoms with Gasteiger partial charge in [0.2, 0.25) is 5.91 Å². The van der Waals surface area contributed by atoms with Gasteiger partial charge in [-0.05, 0) is 5.92 Å². The lowest BCUT2D eigenvalue weighted by molar-refractivity contribution is -0.131. The molecule has 1 N–H and O–H groups in total. The minimum absolute atomic E-state index is 0.0500. The molecule has 0 fully saturated rings. The topological polar surface area (TPSA) is 67.9 Å². The minimum Gasteiger partial charge on any atom is -0.449 e. The molecule has 0 aliphatic carbocycles. The van der Waals surface area contributed by atoms with Crippen LogP contribution in [0.3, 0.4) is 0 Å². The molecule has 0 saturated carbocycles. The van der Waals surface area contributed by atoms with Gasteiger partial charge in [0, 0.05) is 13.7 Å². The van der Waals surface area contributed by atoms with Gasteiger partial charge in [-0.2, -0.15) is 0 Å². The molecule has 2 amide bonds. The predicted molar refractivity (Wildman–Crippen MR) is 70.7 cm³/mol. The highest BCUT2D eigenvalue weighted by molar-refractivity contribution is 5.83. The van der Waals surface area contributed by atoms with Gasteiger partial charge in [-0.1, -0.05) is 26.0 Å². The SMILES string of the molecule is COC[C@@H]1C=CCN1C(=O)CNC(=O)OCC(C)C. The molecule has 0 spiro atoms. The van der Waals surface area contributed by atoms with Crippen molar-refractivity contribution in [3.8, 4) is 0 Å². The fourth-order valence-corrected chi connectivity index (χ4v) is 1.72. The third-order valence-corrected chi connectivity index (χ3v) is 2.65. The molecule has 0 saturated heterocycles. The number of ether oxygens (including phenoxy) is 2. The summed E-state index contributed by atoms with van der Waals surface area (Å²) in [6.07, 6.45) is 3.29. The molecule has 1 atom stereocenters. The lowest BCUT2D eigenvalue weighted by atomic mass is 10.2. The lowest BCUT2D eigenvalue weighted by Gasteiger charge is -2.24. The molecule has 0 bridgehead atoms. The highest BCUT2D eigenvalue weighted by Crippen LogP contribution is 2.09. The summed E-state index contributed by atoms with van der Waals surface area (Å²) in [6.45, 7) is 5.19. The molecule has 1 heterocycles. The molecule has 6 heteroatoms. The summed E-state index contributed by atoms with van der Waals surface area (Å²) in [5, 5.41) is 2.46. The highest BCUT2D eigenvalue weighted by atomic mass is 16.5. The summed E-state index contributed by atoms with van der Waals surface area (Å²) in [7, 11) is 1.59. The van der Waals surface area contributed by atoms with Crippen molar-refractivity contribution in [2.45, 2.75) is 19.9 Å². The Kier molecular flexibility index (Phi) is 6.35. The lowest BCUT2D eigenvalue weighted by Crippen LogP contribution is -2.44. The highest BCUT2D eigenvalue weighted by Gasteiger charge is 2.24. The van der Waals surface area contributed by atoms with Gasteiger partial charge >= 0.3 is 6.09 Å². The maximum Gasteiger partial charge on any atom is 0.407 e. The molecule has 19 heavy (non-hydrogen) atoms. The number of carbonyl (C=O) groups is 2. The number of nitrogens with zero attached hydrogens (tertiary/aromatic N) is 1. The third kappa shape index (κ3) is 5.30. The van der Waals surface area contributed by atoms with E-state index in [0.717, 1.165) is 0 Å². The van der Waals surface area contributed by atoms with Gasteiger partial charge in [-0.15, -0.1) is 0 Å². The standard InChI is InChI=1S/C13H22N2O4/c1-10(2)8-19-13(17)14-7-12(16)15-6-4-5-11(15)9-18-3/h4-5,10-11H,6-9H2,1-3H3,(H,14,17)/t11-/m0/s1. The fraction of sp³-hybridized carbons (Fsp3) is 0.692. The van der Waals surface area contributed by atoms with Crippen molar-refractivity contribution in [2.24, 2.45) is 5.92 Å². The summed E-state index contributed by atoms with van der Waals surface area (Å²) in [5.41, 5.74) is 0. The Morgan fingerprint density at radius 1 is 1.47 bits per heavy atom. The van der Waals surface area contributed by atoms with Crippen molar-refractivity contribution in [2.75, 3.05) is 33.4 Å². The molecule has 0 unspecified atom stereocenters. The number of alkyl carbamates (subject to hydrolysis) is 1. The van der Waals surface area contributed by atoms with E-state index in [1.54, 1.807) is 12.0 Å². The van der Waals surface area contributed by atoms with Crippen LogP contribution < -0.4 is 5.32 Å². The summed E-state index contributed by atoms with van der Waals surface area (Å²) in [6, 6.07) is -0.0500. The Bertz CT molecular complexity index is 342. The maximum atomic E-state index is 11.9. The molecule has 0 aromatic carbocycles. The predicted octanol–water partition coefficient (Wildman–Crippen LogP) is 0.782. The molecule has 1 aliphatic heterocycles. The second-order valence-electron chi connectivity index (χ2n) is 4.84. The van der Waals surface area contributed by atoms with Crippen LogP contribution >= 0.6 is 0 Å². The van der Waals surface area contributed by atoms with Crippen molar-refractivity contribution >= 4 is 12.0 Å². The Morgan fingerprint density at radius 2 is 2.21 bits per heavy atom. The normalized spacial score (nSPS) is 17.9. The number of carbonyl (C=O) groups excluding carboxylic acids is 2. The van der Waals surface area contributed by atoms with Gasteiger partial charge < -0.3 is 19.7 Å². The Hall–Kier alpha value is -1.56. The Labute approximate surface area is 113 Å². The van der Waals surface area contributed by atoms with E-state index < -0.39 is 6.09 Å². The minimum atomic E-state index is -0.558. The number of hydrogen-bond acceptors (Lipinski definition) is 4. The van der Waals surface area contributed by atoms with E-state index in [4.69, 9.17) is 9.47 Å². The van der Waals surface area contributed by atoms with Crippen molar-refractivity contribution < 1.29 is 19.1 Å². The average Bonchev–Trinajstić information content (AvgIpc) is 2.82. The Morgan fingerprint density at radius 3 is 2.84 bits per heavy atom. The first-order valence-corrected chi connectivity index (χ1v) is 6.40. The maximum absolute atomic E-state index is 11.9. The second-order valence-corrected chi connectivity index (χ2v) is 4.84. The average molecular weight is 270 g/mol. The van der Waals surface area contributed by atoms with Crippen LogP contribution in [0.5, 0.6) is 0 Å². The number of rotatable bonds is 6. The van der Waals surface area contributed by atoms with Crippen molar-refractivity contribution in [1.29, 1.82) is 0 Å². The number of nitrogens with one attached hydrogen (secondary N) is 1. The Balaban J connectivity index is 2.29. The van der Waals surface area contributed by atoms with Gasteiger partial charge in [0.25, 0.3) is 0 Å². The van der Waals surface area contributed by atoms with Crippen LogP contribution in [-0.2, 0) is 14.3 Å². The molecule has 108 valence electrons. The second kappa shape index (κ2) is 7.78. The molecular formula is C13H22N2O4. The van der Waals surface area contributed by atoms with Crippen LogP contribution in [0.2, 0.25) is 0 Å². The first-order valence-electron chi connectivity index (χ1n) is 6.40. The molecule has 6 nitrogen and oxygen atoms in total. The number of amides is 2. The van der Waals surface area contributed by atoms with Gasteiger partial charge in [0.05, 0.1) is 19.3 Å². The molecule has 1 aliphatic rings. The van der Waals surface area contributed by atoms with Gasteiger partial charge in [-0.3, -0.25) is 4.79 Å². The van der Waals surface area contributed by atoms with E-state index in [1.165, 1.54) is 0 Å². The molecule has 0 radical (unpaired) electrons. The van der Waals surface area contributed by atoms with E-state index in [0.29, 0.717) is 19.8 Å². The van der Waals surface area contributed by atoms with Gasteiger partial charge in [0.15, 0.2) is 0 Å². The summed E-state index contributed by atoms with van der Waals surface area (Å²) in [4.78, 5) is 24.9. The summed E-state index contributed by atoms with van der Waals surface area (Å²) >= 11 is 0. The van der Waals surface area contributed by atoms with E-state index in [-0.39, 0.29) is 24.4 Å². The van der Waals surface area contributed by atoms with E-state index in [1.807, 2.05) is 26.0 Å². The van der Waals surface area contributed by atoms with Crippen LogP contribution in [0.4, 0.5) is 4.79 Å². The molecule has 1 rings (SSSR count). The van der Waals surface area contributed by atoms with Crippen LogP contribution in [0.25, 0.3) is 0 Å². The van der Waals surface area contributed by atoms with E-state index in [2.05, 4.69) is 5.32 Å². The zero-order valence-electron chi connectivity index (χ0n) is 11.7. The third-order valence-electron chi connectivity index (χ3n) is 2.65. The van der Waals surface area contributed by atoms with Crippen LogP contribution in [0, 0.1) is 5.92 Å².